The maximum atomic E-state index is 9.44. The summed E-state index contributed by atoms with van der Waals surface area (Å²) in [6.07, 6.45) is 4.09. The summed E-state index contributed by atoms with van der Waals surface area (Å²) in [4.78, 5) is 0. The SMILES string of the molecule is CC(C)CC(CO)NC1CCOC2(CCOC2)C1. The fourth-order valence-electron chi connectivity index (χ4n) is 3.13. The molecule has 3 unspecified atom stereocenters. The van der Waals surface area contributed by atoms with Crippen molar-refractivity contribution in [3.8, 4) is 0 Å². The van der Waals surface area contributed by atoms with Crippen LogP contribution >= 0.6 is 0 Å². The third kappa shape index (κ3) is 3.67. The van der Waals surface area contributed by atoms with Crippen LogP contribution in [0.1, 0.15) is 39.5 Å². The highest BCUT2D eigenvalue weighted by molar-refractivity contribution is 4.93. The second-order valence-electron chi connectivity index (χ2n) is 6.20. The molecule has 2 aliphatic rings. The summed E-state index contributed by atoms with van der Waals surface area (Å²) in [6.45, 7) is 6.97. The van der Waals surface area contributed by atoms with Crippen LogP contribution in [0, 0.1) is 5.92 Å². The van der Waals surface area contributed by atoms with Gasteiger partial charge >= 0.3 is 0 Å². The molecule has 0 aromatic carbocycles. The summed E-state index contributed by atoms with van der Waals surface area (Å²) in [5.41, 5.74) is -0.0479. The molecule has 4 nitrogen and oxygen atoms in total. The van der Waals surface area contributed by atoms with Gasteiger partial charge in [0.25, 0.3) is 0 Å². The lowest BCUT2D eigenvalue weighted by molar-refractivity contribution is -0.0910. The van der Waals surface area contributed by atoms with Crippen LogP contribution in [0.3, 0.4) is 0 Å². The lowest BCUT2D eigenvalue weighted by Gasteiger charge is -2.39. The van der Waals surface area contributed by atoms with Gasteiger partial charge in [-0.1, -0.05) is 13.8 Å². The van der Waals surface area contributed by atoms with Crippen molar-refractivity contribution in [1.29, 1.82) is 0 Å². The van der Waals surface area contributed by atoms with Gasteiger partial charge in [-0.2, -0.15) is 0 Å². The molecule has 0 aromatic heterocycles. The van der Waals surface area contributed by atoms with Crippen molar-refractivity contribution in [3.63, 3.8) is 0 Å². The Hall–Kier alpha value is -0.160. The lowest BCUT2D eigenvalue weighted by atomic mass is 9.89. The molecule has 0 radical (unpaired) electrons. The predicted molar refractivity (Wildman–Crippen MR) is 70.6 cm³/mol. The minimum Gasteiger partial charge on any atom is -0.395 e. The second kappa shape index (κ2) is 6.33. The Kier molecular flexibility index (Phi) is 5.01. The van der Waals surface area contributed by atoms with E-state index in [1.807, 2.05) is 0 Å². The molecule has 2 saturated heterocycles. The minimum atomic E-state index is -0.0479. The molecule has 2 fully saturated rings. The average molecular weight is 257 g/mol. The van der Waals surface area contributed by atoms with Crippen molar-refractivity contribution in [2.24, 2.45) is 5.92 Å². The molecule has 2 rings (SSSR count). The number of aliphatic hydroxyl groups is 1. The molecular weight excluding hydrogens is 230 g/mol. The summed E-state index contributed by atoms with van der Waals surface area (Å²) < 4.78 is 11.4. The van der Waals surface area contributed by atoms with Crippen molar-refractivity contribution in [3.05, 3.63) is 0 Å². The zero-order valence-electron chi connectivity index (χ0n) is 11.7. The Bertz CT molecular complexity index is 251. The predicted octanol–water partition coefficient (Wildman–Crippen LogP) is 1.32. The fraction of sp³-hybridized carbons (Fsp3) is 1.00. The Morgan fingerprint density at radius 1 is 1.39 bits per heavy atom. The Labute approximate surface area is 110 Å². The fourth-order valence-corrected chi connectivity index (χ4v) is 3.13. The zero-order valence-corrected chi connectivity index (χ0v) is 11.7. The van der Waals surface area contributed by atoms with Gasteiger partial charge in [0, 0.05) is 31.7 Å². The molecule has 0 aliphatic carbocycles. The molecule has 0 aromatic rings. The van der Waals surface area contributed by atoms with E-state index < -0.39 is 0 Å². The van der Waals surface area contributed by atoms with E-state index in [0.717, 1.165) is 45.5 Å². The molecule has 2 aliphatic heterocycles. The third-order valence-corrected chi connectivity index (χ3v) is 4.01. The number of aliphatic hydroxyl groups excluding tert-OH is 1. The lowest BCUT2D eigenvalue weighted by Crippen LogP contribution is -2.51. The van der Waals surface area contributed by atoms with Gasteiger partial charge in [0.05, 0.1) is 18.8 Å². The van der Waals surface area contributed by atoms with E-state index in [9.17, 15) is 5.11 Å². The Balaban J connectivity index is 1.84. The average Bonchev–Trinajstić information content (AvgIpc) is 2.76. The molecule has 1 spiro atoms. The Morgan fingerprint density at radius 3 is 2.83 bits per heavy atom. The molecule has 3 atom stereocenters. The highest BCUT2D eigenvalue weighted by Crippen LogP contribution is 2.33. The van der Waals surface area contributed by atoms with Crippen molar-refractivity contribution in [1.82, 2.24) is 5.32 Å². The van der Waals surface area contributed by atoms with Crippen LogP contribution in [-0.4, -0.2) is 49.2 Å². The smallest absolute Gasteiger partial charge is 0.0951 e. The molecule has 0 bridgehead atoms. The minimum absolute atomic E-state index is 0.0479. The molecule has 4 heteroatoms. The summed E-state index contributed by atoms with van der Waals surface area (Å²) in [6, 6.07) is 0.670. The van der Waals surface area contributed by atoms with Gasteiger partial charge in [0.15, 0.2) is 0 Å². The topological polar surface area (TPSA) is 50.7 Å². The van der Waals surface area contributed by atoms with Crippen LogP contribution in [0.15, 0.2) is 0 Å². The van der Waals surface area contributed by atoms with Crippen LogP contribution in [0.4, 0.5) is 0 Å². The van der Waals surface area contributed by atoms with E-state index in [4.69, 9.17) is 9.47 Å². The van der Waals surface area contributed by atoms with Crippen LogP contribution in [0.5, 0.6) is 0 Å². The standard InChI is InChI=1S/C14H27NO3/c1-11(2)7-13(9-16)15-12-3-5-18-14(8-12)4-6-17-10-14/h11-13,15-16H,3-10H2,1-2H3. The number of hydrogen-bond donors (Lipinski definition) is 2. The first-order chi connectivity index (χ1) is 8.63. The highest BCUT2D eigenvalue weighted by Gasteiger charge is 2.41. The zero-order chi connectivity index (χ0) is 13.0. The summed E-state index contributed by atoms with van der Waals surface area (Å²) in [7, 11) is 0. The number of rotatable bonds is 5. The third-order valence-electron chi connectivity index (χ3n) is 4.01. The van der Waals surface area contributed by atoms with Crippen LogP contribution in [0.25, 0.3) is 0 Å². The van der Waals surface area contributed by atoms with Gasteiger partial charge in [-0.25, -0.2) is 0 Å². The van der Waals surface area contributed by atoms with Crippen LogP contribution in [0.2, 0.25) is 0 Å². The molecule has 2 N–H and O–H groups in total. The largest absolute Gasteiger partial charge is 0.395 e. The van der Waals surface area contributed by atoms with Crippen molar-refractivity contribution in [2.45, 2.75) is 57.2 Å². The van der Waals surface area contributed by atoms with Gasteiger partial charge in [-0.3, -0.25) is 0 Å². The Morgan fingerprint density at radius 2 is 2.22 bits per heavy atom. The molecular formula is C14H27NO3. The van der Waals surface area contributed by atoms with Crippen LogP contribution < -0.4 is 5.32 Å². The highest BCUT2D eigenvalue weighted by atomic mass is 16.6. The monoisotopic (exact) mass is 257 g/mol. The van der Waals surface area contributed by atoms with E-state index in [1.165, 1.54) is 0 Å². The first kappa shape index (κ1) is 14.3. The van der Waals surface area contributed by atoms with E-state index in [-0.39, 0.29) is 18.2 Å². The van der Waals surface area contributed by atoms with E-state index in [2.05, 4.69) is 19.2 Å². The molecule has 106 valence electrons. The maximum absolute atomic E-state index is 9.44. The number of hydrogen-bond acceptors (Lipinski definition) is 4. The van der Waals surface area contributed by atoms with Gasteiger partial charge in [-0.15, -0.1) is 0 Å². The van der Waals surface area contributed by atoms with Crippen molar-refractivity contribution >= 4 is 0 Å². The van der Waals surface area contributed by atoms with E-state index >= 15 is 0 Å². The normalized spacial score (nSPS) is 34.3. The maximum Gasteiger partial charge on any atom is 0.0951 e. The van der Waals surface area contributed by atoms with E-state index in [0.29, 0.717) is 12.0 Å². The molecule has 18 heavy (non-hydrogen) atoms. The second-order valence-corrected chi connectivity index (χ2v) is 6.20. The summed E-state index contributed by atoms with van der Waals surface area (Å²) in [5, 5.41) is 13.0. The van der Waals surface area contributed by atoms with Gasteiger partial charge in [0.2, 0.25) is 0 Å². The number of ether oxygens (including phenoxy) is 2. The molecule has 2 heterocycles. The van der Waals surface area contributed by atoms with Gasteiger partial charge in [-0.05, 0) is 25.2 Å². The first-order valence-electron chi connectivity index (χ1n) is 7.22. The van der Waals surface area contributed by atoms with Crippen molar-refractivity contribution in [2.75, 3.05) is 26.4 Å². The van der Waals surface area contributed by atoms with Crippen LogP contribution in [-0.2, 0) is 9.47 Å². The van der Waals surface area contributed by atoms with E-state index in [1.54, 1.807) is 0 Å². The quantitative estimate of drug-likeness (QED) is 0.780. The number of nitrogens with one attached hydrogen (secondary N) is 1. The summed E-state index contributed by atoms with van der Waals surface area (Å²) in [5.74, 6) is 0.610. The van der Waals surface area contributed by atoms with Crippen molar-refractivity contribution < 1.29 is 14.6 Å². The summed E-state index contributed by atoms with van der Waals surface area (Å²) >= 11 is 0. The first-order valence-corrected chi connectivity index (χ1v) is 7.22. The molecule has 0 saturated carbocycles. The molecule has 0 amide bonds. The van der Waals surface area contributed by atoms with Gasteiger partial charge in [0.1, 0.15) is 0 Å². The van der Waals surface area contributed by atoms with Gasteiger partial charge < -0.3 is 19.9 Å².